The molecular weight excluding hydrogens is 371 g/mol. The number of alkyl halides is 3. The first-order valence-electron chi connectivity index (χ1n) is 8.71. The molecule has 0 spiro atoms. The van der Waals surface area contributed by atoms with Crippen LogP contribution in [0.4, 0.5) is 13.2 Å². The quantitative estimate of drug-likeness (QED) is 0.810. The predicted molar refractivity (Wildman–Crippen MR) is 90.3 cm³/mol. The Morgan fingerprint density at radius 1 is 1.27 bits per heavy atom. The highest BCUT2D eigenvalue weighted by Crippen LogP contribution is 2.39. The summed E-state index contributed by atoms with van der Waals surface area (Å²) < 4.78 is 45.5. The van der Waals surface area contributed by atoms with Crippen LogP contribution in [-0.2, 0) is 11.3 Å². The fourth-order valence-electron chi connectivity index (χ4n) is 3.81. The number of carboxylic acids is 1. The van der Waals surface area contributed by atoms with E-state index in [1.807, 2.05) is 0 Å². The van der Waals surface area contributed by atoms with E-state index in [2.05, 4.69) is 0 Å². The third-order valence-electron chi connectivity index (χ3n) is 5.15. The Kier molecular flexibility index (Phi) is 5.67. The van der Waals surface area contributed by atoms with Crippen molar-refractivity contribution in [2.75, 3.05) is 13.1 Å². The lowest BCUT2D eigenvalue weighted by molar-refractivity contribution is -0.188. The van der Waals surface area contributed by atoms with Gasteiger partial charge in [0.1, 0.15) is 5.75 Å². The van der Waals surface area contributed by atoms with Crippen LogP contribution >= 0.6 is 11.6 Å². The lowest BCUT2D eigenvalue weighted by atomic mass is 9.96. The summed E-state index contributed by atoms with van der Waals surface area (Å²) in [6.07, 6.45) is -0.287. The van der Waals surface area contributed by atoms with Crippen LogP contribution in [0.5, 0.6) is 5.75 Å². The molecule has 26 heavy (non-hydrogen) atoms. The standard InChI is InChI=1S/C18H21ClF3NO3/c19-12-5-6-16(26-13-3-1-2-4-13)11(7-12)8-23-9-14(17(24)25)15(10-23)18(20,21)22/h5-7,13-15H,1-4,8-10H2,(H,24,25)/t14-,15-/m1/s1. The van der Waals surface area contributed by atoms with Crippen molar-refractivity contribution in [1.29, 1.82) is 0 Å². The molecule has 2 atom stereocenters. The molecule has 2 aliphatic rings. The highest BCUT2D eigenvalue weighted by molar-refractivity contribution is 6.30. The van der Waals surface area contributed by atoms with Gasteiger partial charge in [-0.05, 0) is 43.9 Å². The Balaban J connectivity index is 1.75. The van der Waals surface area contributed by atoms with Crippen molar-refractivity contribution in [3.63, 3.8) is 0 Å². The third kappa shape index (κ3) is 4.43. The van der Waals surface area contributed by atoms with Crippen LogP contribution in [0.2, 0.25) is 5.02 Å². The molecule has 1 aliphatic heterocycles. The molecule has 0 unspecified atom stereocenters. The molecule has 1 heterocycles. The van der Waals surface area contributed by atoms with Crippen LogP contribution in [0.15, 0.2) is 18.2 Å². The normalized spacial score (nSPS) is 24.9. The Labute approximate surface area is 154 Å². The van der Waals surface area contributed by atoms with Crippen molar-refractivity contribution in [3.05, 3.63) is 28.8 Å². The van der Waals surface area contributed by atoms with Gasteiger partial charge in [-0.1, -0.05) is 11.6 Å². The van der Waals surface area contributed by atoms with Crippen molar-refractivity contribution in [3.8, 4) is 5.75 Å². The number of nitrogens with zero attached hydrogens (tertiary/aromatic N) is 1. The van der Waals surface area contributed by atoms with Gasteiger partial charge in [0, 0.05) is 30.2 Å². The first-order valence-corrected chi connectivity index (χ1v) is 9.09. The molecule has 3 rings (SSSR count). The molecule has 1 aromatic carbocycles. The summed E-state index contributed by atoms with van der Waals surface area (Å²) in [5, 5.41) is 9.62. The first kappa shape index (κ1) is 19.3. The fourth-order valence-corrected chi connectivity index (χ4v) is 4.00. The van der Waals surface area contributed by atoms with Crippen LogP contribution < -0.4 is 4.74 Å². The minimum Gasteiger partial charge on any atom is -0.490 e. The first-order chi connectivity index (χ1) is 12.2. The van der Waals surface area contributed by atoms with E-state index in [-0.39, 0.29) is 25.7 Å². The van der Waals surface area contributed by atoms with Gasteiger partial charge in [-0.3, -0.25) is 9.69 Å². The number of aliphatic carboxylic acids is 1. The second kappa shape index (κ2) is 7.64. The van der Waals surface area contributed by atoms with E-state index < -0.39 is 24.0 Å². The molecule has 2 fully saturated rings. The second-order valence-electron chi connectivity index (χ2n) is 7.06. The summed E-state index contributed by atoms with van der Waals surface area (Å²) in [6, 6.07) is 5.11. The smallest absolute Gasteiger partial charge is 0.393 e. The maximum absolute atomic E-state index is 13.2. The van der Waals surface area contributed by atoms with Gasteiger partial charge < -0.3 is 9.84 Å². The van der Waals surface area contributed by atoms with Crippen molar-refractivity contribution in [2.24, 2.45) is 11.8 Å². The number of halogens is 4. The number of ether oxygens (including phenoxy) is 1. The van der Waals surface area contributed by atoms with E-state index >= 15 is 0 Å². The fraction of sp³-hybridized carbons (Fsp3) is 0.611. The van der Waals surface area contributed by atoms with Crippen molar-refractivity contribution in [2.45, 2.75) is 44.5 Å². The maximum Gasteiger partial charge on any atom is 0.393 e. The van der Waals surface area contributed by atoms with Gasteiger partial charge in [-0.15, -0.1) is 0 Å². The van der Waals surface area contributed by atoms with Crippen LogP contribution in [0.3, 0.4) is 0 Å². The predicted octanol–water partition coefficient (Wildman–Crippen LogP) is 4.36. The Morgan fingerprint density at radius 3 is 2.54 bits per heavy atom. The van der Waals surface area contributed by atoms with Crippen molar-refractivity contribution >= 4 is 17.6 Å². The Morgan fingerprint density at radius 2 is 1.96 bits per heavy atom. The Bertz CT molecular complexity index is 662. The molecule has 1 N–H and O–H groups in total. The zero-order valence-electron chi connectivity index (χ0n) is 14.1. The summed E-state index contributed by atoms with van der Waals surface area (Å²) in [5.41, 5.74) is 0.691. The summed E-state index contributed by atoms with van der Waals surface area (Å²) >= 11 is 6.05. The van der Waals surface area contributed by atoms with Crippen LogP contribution in [0.1, 0.15) is 31.2 Å². The molecule has 1 saturated heterocycles. The van der Waals surface area contributed by atoms with Gasteiger partial charge in [0.2, 0.25) is 0 Å². The zero-order chi connectivity index (χ0) is 18.9. The van der Waals surface area contributed by atoms with Crippen molar-refractivity contribution < 1.29 is 27.8 Å². The van der Waals surface area contributed by atoms with E-state index in [9.17, 15) is 18.0 Å². The molecule has 1 aliphatic carbocycles. The van der Waals surface area contributed by atoms with Gasteiger partial charge in [-0.25, -0.2) is 0 Å². The molecule has 144 valence electrons. The molecule has 4 nitrogen and oxygen atoms in total. The molecule has 1 aromatic rings. The largest absolute Gasteiger partial charge is 0.490 e. The summed E-state index contributed by atoms with van der Waals surface area (Å²) in [6.45, 7) is -0.302. The Hall–Kier alpha value is -1.47. The number of hydrogen-bond donors (Lipinski definition) is 1. The van der Waals surface area contributed by atoms with Gasteiger partial charge in [0.15, 0.2) is 0 Å². The van der Waals surface area contributed by atoms with Crippen molar-refractivity contribution in [1.82, 2.24) is 4.90 Å². The van der Waals surface area contributed by atoms with Gasteiger partial charge >= 0.3 is 12.1 Å². The van der Waals surface area contributed by atoms with Crippen LogP contribution in [-0.4, -0.2) is 41.3 Å². The summed E-state index contributed by atoms with van der Waals surface area (Å²) in [5.74, 6) is -4.11. The van der Waals surface area contributed by atoms with Crippen LogP contribution in [0, 0.1) is 11.8 Å². The molecule has 0 radical (unpaired) electrons. The average molecular weight is 392 g/mol. The molecule has 8 heteroatoms. The zero-order valence-corrected chi connectivity index (χ0v) is 14.9. The lowest BCUT2D eigenvalue weighted by Gasteiger charge is -2.21. The summed E-state index contributed by atoms with van der Waals surface area (Å²) in [4.78, 5) is 12.8. The number of rotatable bonds is 5. The second-order valence-corrected chi connectivity index (χ2v) is 7.50. The third-order valence-corrected chi connectivity index (χ3v) is 5.38. The van der Waals surface area contributed by atoms with E-state index in [1.54, 1.807) is 18.2 Å². The highest BCUT2D eigenvalue weighted by Gasteiger charge is 2.52. The average Bonchev–Trinajstić information content (AvgIpc) is 3.19. The number of benzene rings is 1. The monoisotopic (exact) mass is 391 g/mol. The van der Waals surface area contributed by atoms with Gasteiger partial charge in [-0.2, -0.15) is 13.2 Å². The molecule has 0 aromatic heterocycles. The highest BCUT2D eigenvalue weighted by atomic mass is 35.5. The molecule has 0 bridgehead atoms. The van der Waals surface area contributed by atoms with Gasteiger partial charge in [0.05, 0.1) is 17.9 Å². The minimum absolute atomic E-state index is 0.114. The number of carboxylic acid groups (broad SMARTS) is 1. The van der Waals surface area contributed by atoms with Gasteiger partial charge in [0.25, 0.3) is 0 Å². The minimum atomic E-state index is -4.53. The molecule has 1 saturated carbocycles. The van der Waals surface area contributed by atoms with E-state index in [0.29, 0.717) is 16.3 Å². The van der Waals surface area contributed by atoms with E-state index in [0.717, 1.165) is 25.7 Å². The SMILES string of the molecule is O=C(O)[C@@H]1CN(Cc2cc(Cl)ccc2OC2CCCC2)C[C@H]1C(F)(F)F. The van der Waals surface area contributed by atoms with E-state index in [1.165, 1.54) is 4.90 Å². The maximum atomic E-state index is 13.2. The van der Waals surface area contributed by atoms with E-state index in [4.69, 9.17) is 21.4 Å². The lowest BCUT2D eigenvalue weighted by Crippen LogP contribution is -2.33. The molecular formula is C18H21ClF3NO3. The number of likely N-dealkylation sites (tertiary alicyclic amines) is 1. The topological polar surface area (TPSA) is 49.8 Å². The van der Waals surface area contributed by atoms with Crippen LogP contribution in [0.25, 0.3) is 0 Å². The molecule has 0 amide bonds. The summed E-state index contributed by atoms with van der Waals surface area (Å²) in [7, 11) is 0. The number of carbonyl (C=O) groups is 1. The number of hydrogen-bond acceptors (Lipinski definition) is 3.